The van der Waals surface area contributed by atoms with Gasteiger partial charge < -0.3 is 20.9 Å². The van der Waals surface area contributed by atoms with Crippen molar-refractivity contribution in [3.63, 3.8) is 0 Å². The average Bonchev–Trinajstić information content (AvgIpc) is 4.54. The van der Waals surface area contributed by atoms with Gasteiger partial charge in [-0.1, -0.05) is 146 Å². The molecule has 4 aliphatic heterocycles. The number of rotatable bonds is 9. The number of urea groups is 2. The summed E-state index contributed by atoms with van der Waals surface area (Å²) in [6, 6.07) is 59.6. The van der Waals surface area contributed by atoms with E-state index in [9.17, 15) is 19.2 Å². The zero-order valence-corrected chi connectivity index (χ0v) is 43.5. The lowest BCUT2D eigenvalue weighted by Crippen LogP contribution is -2.33. The van der Waals surface area contributed by atoms with Crippen molar-refractivity contribution >= 4 is 68.4 Å². The maximum atomic E-state index is 14.4. The molecule has 4 aromatic heterocycles. The van der Waals surface area contributed by atoms with Gasteiger partial charge in [0.1, 0.15) is 11.4 Å². The molecule has 6 aromatic carbocycles. The van der Waals surface area contributed by atoms with Gasteiger partial charge in [0.2, 0.25) is 0 Å². The Labute approximate surface area is 460 Å². The van der Waals surface area contributed by atoms with E-state index in [0.29, 0.717) is 43.6 Å². The molecule has 14 nitrogen and oxygen atoms in total. The smallest absolute Gasteiger partial charge is 0.317 e. The molecule has 0 atom stereocenters. The Morgan fingerprint density at radius 3 is 1.32 bits per heavy atom. The number of alkyl halides is 1. The summed E-state index contributed by atoms with van der Waals surface area (Å²) in [5.74, 6) is -0.0698. The monoisotopic (exact) mass is 1060 g/mol. The second-order valence-electron chi connectivity index (χ2n) is 19.3. The van der Waals surface area contributed by atoms with Crippen LogP contribution in [0.15, 0.2) is 206 Å². The quantitative estimate of drug-likeness (QED) is 0.120. The van der Waals surface area contributed by atoms with E-state index < -0.39 is 0 Å². The number of carbonyl (C=O) groups is 4. The lowest BCUT2D eigenvalue weighted by Gasteiger charge is -2.25. The Balaban J connectivity index is 0.000000144. The molecule has 14 rings (SSSR count). The second kappa shape index (κ2) is 22.0. The summed E-state index contributed by atoms with van der Waals surface area (Å²) < 4.78 is 3.14. The molecule has 0 unspecified atom stereocenters. The third-order valence-corrected chi connectivity index (χ3v) is 14.8. The van der Waals surface area contributed by atoms with Crippen molar-refractivity contribution in [3.05, 3.63) is 228 Å². The van der Waals surface area contributed by atoms with E-state index in [1.165, 1.54) is 0 Å². The minimum absolute atomic E-state index is 0.0463. The zero-order chi connectivity index (χ0) is 53.8. The Hall–Kier alpha value is -9.79. The molecule has 0 aliphatic carbocycles. The lowest BCUT2D eigenvalue weighted by molar-refractivity contribution is 0.0950. The number of hydrogen-bond acceptors (Lipinski definition) is 8. The van der Waals surface area contributed by atoms with E-state index in [2.05, 4.69) is 50.2 Å². The molecule has 0 radical (unpaired) electrons. The van der Waals surface area contributed by atoms with Gasteiger partial charge in [-0.15, -0.1) is 11.6 Å². The molecule has 0 saturated carbocycles. The Morgan fingerprint density at radius 2 is 0.899 bits per heavy atom. The molecular weight excluding hydrogens is 1010 g/mol. The van der Waals surface area contributed by atoms with Crippen molar-refractivity contribution in [2.45, 2.75) is 12.8 Å². The van der Waals surface area contributed by atoms with E-state index in [1.54, 1.807) is 26.7 Å². The molecule has 0 spiro atoms. The number of nitrogens with zero attached hydrogens (tertiary/aromatic N) is 7. The summed E-state index contributed by atoms with van der Waals surface area (Å²) >= 11 is 6.45. The Kier molecular flexibility index (Phi) is 14.0. The van der Waals surface area contributed by atoms with E-state index in [0.717, 1.165) is 113 Å². The number of amides is 4. The normalized spacial score (nSPS) is 14.7. The maximum Gasteiger partial charge on any atom is 0.317 e. The predicted molar refractivity (Wildman–Crippen MR) is 309 cm³/mol. The Morgan fingerprint density at radius 1 is 0.456 bits per heavy atom. The number of aromatic nitrogens is 6. The van der Waals surface area contributed by atoms with Crippen LogP contribution in [0.4, 0.5) is 9.59 Å². The number of pyridine rings is 2. The molecule has 2 saturated heterocycles. The summed E-state index contributed by atoms with van der Waals surface area (Å²) in [5.41, 5.74) is 15.6. The van der Waals surface area contributed by atoms with Gasteiger partial charge in [-0.3, -0.25) is 19.6 Å². The number of carbonyl (C=O) groups excluding carboxylic acids is 4. The number of fused-ring (bicyclic) bond motifs is 4. The number of allylic oxidation sites excluding steroid dienone is 3. The van der Waals surface area contributed by atoms with Gasteiger partial charge in [0.25, 0.3) is 11.8 Å². The molecule has 8 heterocycles. The molecule has 2 fully saturated rings. The van der Waals surface area contributed by atoms with Gasteiger partial charge in [-0.05, 0) is 69.8 Å². The number of hydrogen-bond donors (Lipinski definition) is 3. The first kappa shape index (κ1) is 50.1. The van der Waals surface area contributed by atoms with Crippen LogP contribution in [0.2, 0.25) is 0 Å². The minimum Gasteiger partial charge on any atom is -0.336 e. The van der Waals surface area contributed by atoms with E-state index >= 15 is 0 Å². The summed E-state index contributed by atoms with van der Waals surface area (Å²) in [6.45, 7) is 3.13. The van der Waals surface area contributed by atoms with Crippen LogP contribution >= 0.6 is 11.6 Å². The molecule has 3 N–H and O–H groups in total. The third kappa shape index (κ3) is 9.97. The largest absolute Gasteiger partial charge is 0.336 e. The molecule has 388 valence electrons. The molecule has 10 aromatic rings. The van der Waals surface area contributed by atoms with Crippen molar-refractivity contribution in [1.29, 1.82) is 0 Å². The average molecular weight is 1060 g/mol. The van der Waals surface area contributed by atoms with Crippen LogP contribution in [0.1, 0.15) is 32.1 Å². The van der Waals surface area contributed by atoms with E-state index in [1.807, 2.05) is 158 Å². The highest BCUT2D eigenvalue weighted by atomic mass is 35.5. The minimum atomic E-state index is -0.187. The number of nitrogens with one attached hydrogen (secondary N) is 3. The van der Waals surface area contributed by atoms with Crippen molar-refractivity contribution in [2.75, 3.05) is 38.6 Å². The van der Waals surface area contributed by atoms with Gasteiger partial charge in [-0.25, -0.2) is 9.59 Å². The van der Waals surface area contributed by atoms with Crippen LogP contribution < -0.4 is 16.0 Å². The fourth-order valence-electron chi connectivity index (χ4n) is 10.7. The van der Waals surface area contributed by atoms with Crippen molar-refractivity contribution in [2.24, 2.45) is 0 Å². The van der Waals surface area contributed by atoms with Gasteiger partial charge in [0.05, 0.1) is 28.0 Å². The standard InChI is InChI=1S/C32H25N5O2.C29H20ClN3O.C3H6N2O/c38-31-28(24-13-14-26-23(18-24)12-7-15-33-26)25(20-36-17-16-34-32(36)39)19-27-29(21-8-3-1-4-9-21)30(35-37(27)31)22-10-5-2-6-11-22;30-18-23-17-25-27(19-8-3-1-4-9-19)28(20-10-5-2-6-11-20)32-33(25)29(34)26(23)22-13-14-24-21(16-22)12-7-15-31-24;6-3-4-1-2-5-3/h1-15,18H,16-17,19-20H2,(H,34,39);1-16H,17-18H2;1-2H2,(H2,4,5,6). The van der Waals surface area contributed by atoms with Gasteiger partial charge >= 0.3 is 12.1 Å². The third-order valence-electron chi connectivity index (χ3n) is 14.4. The lowest BCUT2D eigenvalue weighted by atomic mass is 9.89. The van der Waals surface area contributed by atoms with Crippen LogP contribution in [0.3, 0.4) is 0 Å². The highest BCUT2D eigenvalue weighted by Gasteiger charge is 2.36. The number of halogens is 1. The van der Waals surface area contributed by atoms with Crippen molar-refractivity contribution in [1.82, 2.24) is 50.4 Å². The highest BCUT2D eigenvalue weighted by molar-refractivity contribution is 6.27. The SMILES string of the molecule is O=C1C(c2ccc3ncccc3c2)=C(CCl)Cc2c(-c3ccccc3)c(-c3ccccc3)nn21.O=C1NCCN1.O=C1NCCN1CC1=C(c2ccc3ncccc3c2)C(=O)n2nc(-c3ccccc3)c(-c3ccccc3)c2C1. The van der Waals surface area contributed by atoms with Gasteiger partial charge in [0.15, 0.2) is 0 Å². The summed E-state index contributed by atoms with van der Waals surface area (Å²) in [4.78, 5) is 61.5. The predicted octanol–water partition coefficient (Wildman–Crippen LogP) is 11.4. The van der Waals surface area contributed by atoms with Crippen molar-refractivity contribution in [3.8, 4) is 44.8 Å². The molecule has 0 bridgehead atoms. The van der Waals surface area contributed by atoms with E-state index in [-0.39, 0.29) is 29.8 Å². The van der Waals surface area contributed by atoms with E-state index in [4.69, 9.17) is 21.8 Å². The first-order chi connectivity index (χ1) is 38.8. The van der Waals surface area contributed by atoms with Crippen LogP contribution in [0.25, 0.3) is 77.7 Å². The Bertz CT molecular complexity index is 4040. The molecule has 4 amide bonds. The van der Waals surface area contributed by atoms with Gasteiger partial charge in [0, 0.05) is 102 Å². The molecule has 15 heteroatoms. The fourth-order valence-corrected chi connectivity index (χ4v) is 11.0. The fraction of sp³-hybridized carbons (Fsp3) is 0.125. The van der Waals surface area contributed by atoms with Crippen LogP contribution in [-0.2, 0) is 12.8 Å². The highest BCUT2D eigenvalue weighted by Crippen LogP contribution is 2.42. The van der Waals surface area contributed by atoms with Gasteiger partial charge in [-0.2, -0.15) is 19.6 Å². The van der Waals surface area contributed by atoms with Crippen LogP contribution in [0.5, 0.6) is 0 Å². The summed E-state index contributed by atoms with van der Waals surface area (Å²) in [7, 11) is 0. The van der Waals surface area contributed by atoms with Crippen LogP contribution in [0, 0.1) is 0 Å². The molecule has 4 aliphatic rings. The molecular formula is C64H51ClN10O4. The first-order valence-electron chi connectivity index (χ1n) is 26.1. The zero-order valence-electron chi connectivity index (χ0n) is 42.8. The summed E-state index contributed by atoms with van der Waals surface area (Å²) in [6.07, 6.45) is 4.58. The number of benzene rings is 6. The second-order valence-corrected chi connectivity index (χ2v) is 19.6. The first-order valence-corrected chi connectivity index (χ1v) is 26.6. The topological polar surface area (TPSA) is 169 Å². The maximum absolute atomic E-state index is 14.4. The molecule has 79 heavy (non-hydrogen) atoms. The summed E-state index contributed by atoms with van der Waals surface area (Å²) in [5, 5.41) is 19.7. The van der Waals surface area contributed by atoms with Crippen LogP contribution in [-0.4, -0.2) is 96.9 Å². The van der Waals surface area contributed by atoms with Crippen molar-refractivity contribution < 1.29 is 19.2 Å².